The molecule has 0 nitrogen and oxygen atoms in total. The van der Waals surface area contributed by atoms with Crippen molar-refractivity contribution in [3.8, 4) is 0 Å². The molecule has 0 heterocycles. The molecule has 0 aliphatic heterocycles. The fraction of sp³-hybridized carbons (Fsp3) is 0.250. The Kier molecular flexibility index (Phi) is 6.92. The largest absolute Gasteiger partial charge is 0.0622 e. The van der Waals surface area contributed by atoms with E-state index in [-0.39, 0.29) is 0 Å². The Balaban J connectivity index is 1.49. The maximum atomic E-state index is 2.24. The fourth-order valence-corrected chi connectivity index (χ4v) is 8.34. The van der Waals surface area contributed by atoms with Crippen LogP contribution in [0.2, 0.25) is 12.1 Å². The summed E-state index contributed by atoms with van der Waals surface area (Å²) in [5, 5.41) is 0. The lowest BCUT2D eigenvalue weighted by atomic mass is 10.2. The van der Waals surface area contributed by atoms with Crippen LogP contribution in [0.5, 0.6) is 0 Å². The second-order valence-electron chi connectivity index (χ2n) is 4.45. The van der Waals surface area contributed by atoms with Crippen molar-refractivity contribution >= 4 is 26.6 Å². The summed E-state index contributed by atoms with van der Waals surface area (Å²) in [5.74, 6) is 0. The van der Waals surface area contributed by atoms with Crippen molar-refractivity contribution in [3.05, 3.63) is 71.8 Å². The molecule has 0 unspecified atom stereocenters. The third-order valence-electron chi connectivity index (χ3n) is 2.94. The van der Waals surface area contributed by atoms with E-state index in [1.54, 1.807) is 0 Å². The van der Waals surface area contributed by atoms with E-state index in [1.807, 2.05) is 0 Å². The molecule has 2 aromatic rings. The summed E-state index contributed by atoms with van der Waals surface area (Å²) >= 11 is 0. The molecule has 0 aliphatic rings. The number of hydrogen-bond acceptors (Lipinski definition) is 0. The maximum absolute atomic E-state index is 2.24. The van der Waals surface area contributed by atoms with Gasteiger partial charge in [-0.25, -0.2) is 0 Å². The van der Waals surface area contributed by atoms with E-state index >= 15 is 0 Å². The standard InChI is InChI=1S/C16H18Si3/c1-3-7-15(8-4-1)11-13-17-19-18-14-12-16-9-5-2-6-10-16/h1-10H,11-14H2. The molecule has 19 heavy (non-hydrogen) atoms. The van der Waals surface area contributed by atoms with Crippen molar-refractivity contribution < 1.29 is 0 Å². The highest BCUT2D eigenvalue weighted by Gasteiger charge is 1.97. The topological polar surface area (TPSA) is 0 Å². The summed E-state index contributed by atoms with van der Waals surface area (Å²) in [6, 6.07) is 24.5. The summed E-state index contributed by atoms with van der Waals surface area (Å²) in [6.45, 7) is 0. The maximum Gasteiger partial charge on any atom is 0.0187 e. The molecule has 94 valence electrons. The van der Waals surface area contributed by atoms with E-state index < -0.39 is 0 Å². The van der Waals surface area contributed by atoms with Crippen LogP contribution in [0.3, 0.4) is 0 Å². The molecule has 6 radical (unpaired) electrons. The zero-order chi connectivity index (χ0) is 13.2. The first-order chi connectivity index (χ1) is 9.45. The van der Waals surface area contributed by atoms with Gasteiger partial charge in [0, 0.05) is 26.6 Å². The van der Waals surface area contributed by atoms with Gasteiger partial charge in [0.05, 0.1) is 0 Å². The molecular formula is C16H18Si3. The first kappa shape index (κ1) is 14.5. The smallest absolute Gasteiger partial charge is 0.0187 e. The third-order valence-corrected chi connectivity index (χ3v) is 10.0. The molecule has 0 bridgehead atoms. The quantitative estimate of drug-likeness (QED) is 0.518. The van der Waals surface area contributed by atoms with Crippen LogP contribution in [-0.4, -0.2) is 26.6 Å². The normalized spacial score (nSPS) is 10.5. The van der Waals surface area contributed by atoms with E-state index in [4.69, 9.17) is 0 Å². The summed E-state index contributed by atoms with van der Waals surface area (Å²) in [6.07, 6.45) is 2.52. The summed E-state index contributed by atoms with van der Waals surface area (Å²) in [5.41, 5.74) is 2.99. The first-order valence-corrected chi connectivity index (χ1v) is 12.1. The Hall–Kier alpha value is -0.909. The van der Waals surface area contributed by atoms with Crippen LogP contribution in [0.4, 0.5) is 0 Å². The Labute approximate surface area is 123 Å². The second-order valence-corrected chi connectivity index (χ2v) is 11.5. The van der Waals surface area contributed by atoms with E-state index in [0.717, 1.165) is 0 Å². The van der Waals surface area contributed by atoms with Gasteiger partial charge in [0.2, 0.25) is 0 Å². The van der Waals surface area contributed by atoms with Crippen molar-refractivity contribution in [3.63, 3.8) is 0 Å². The van der Waals surface area contributed by atoms with Gasteiger partial charge < -0.3 is 0 Å². The fourth-order valence-electron chi connectivity index (χ4n) is 1.89. The molecule has 0 atom stereocenters. The predicted molar refractivity (Wildman–Crippen MR) is 87.2 cm³/mol. The van der Waals surface area contributed by atoms with Gasteiger partial charge in [0.25, 0.3) is 0 Å². The number of aryl methyl sites for hydroxylation is 2. The van der Waals surface area contributed by atoms with Crippen LogP contribution >= 0.6 is 0 Å². The average Bonchev–Trinajstić information content (AvgIpc) is 2.48. The van der Waals surface area contributed by atoms with Crippen molar-refractivity contribution in [1.82, 2.24) is 0 Å². The van der Waals surface area contributed by atoms with Gasteiger partial charge in [-0.1, -0.05) is 72.8 Å². The van der Waals surface area contributed by atoms with Crippen LogP contribution < -0.4 is 0 Å². The first-order valence-electron chi connectivity index (χ1n) is 6.74. The van der Waals surface area contributed by atoms with Gasteiger partial charge in [-0.3, -0.25) is 0 Å². The van der Waals surface area contributed by atoms with Crippen LogP contribution in [0.25, 0.3) is 0 Å². The minimum Gasteiger partial charge on any atom is -0.0622 e. The summed E-state index contributed by atoms with van der Waals surface area (Å²) < 4.78 is 0. The zero-order valence-corrected chi connectivity index (χ0v) is 14.1. The second kappa shape index (κ2) is 9.07. The van der Waals surface area contributed by atoms with Gasteiger partial charge >= 0.3 is 0 Å². The summed E-state index contributed by atoms with van der Waals surface area (Å²) in [7, 11) is 3.52. The van der Waals surface area contributed by atoms with E-state index in [1.165, 1.54) is 62.7 Å². The highest BCUT2D eigenvalue weighted by molar-refractivity contribution is 7.29. The van der Waals surface area contributed by atoms with Crippen LogP contribution in [0, 0.1) is 0 Å². The van der Waals surface area contributed by atoms with Crippen molar-refractivity contribution in [1.29, 1.82) is 0 Å². The Morgan fingerprint density at radius 3 is 1.42 bits per heavy atom. The lowest BCUT2D eigenvalue weighted by Crippen LogP contribution is -2.13. The number of hydrogen-bond donors (Lipinski definition) is 0. The van der Waals surface area contributed by atoms with Crippen LogP contribution in [0.1, 0.15) is 11.1 Å². The lowest BCUT2D eigenvalue weighted by Gasteiger charge is -2.01. The monoisotopic (exact) mass is 294 g/mol. The molecule has 0 spiro atoms. The van der Waals surface area contributed by atoms with Crippen molar-refractivity contribution in [2.45, 2.75) is 24.9 Å². The predicted octanol–water partition coefficient (Wildman–Crippen LogP) is 3.25. The molecule has 3 heteroatoms. The van der Waals surface area contributed by atoms with Crippen molar-refractivity contribution in [2.75, 3.05) is 0 Å². The third kappa shape index (κ3) is 6.18. The number of benzene rings is 2. The molecular weight excluding hydrogens is 276 g/mol. The lowest BCUT2D eigenvalue weighted by molar-refractivity contribution is 1.13. The molecule has 0 saturated heterocycles. The van der Waals surface area contributed by atoms with Gasteiger partial charge in [0.1, 0.15) is 0 Å². The van der Waals surface area contributed by atoms with Crippen molar-refractivity contribution in [2.24, 2.45) is 0 Å². The highest BCUT2D eigenvalue weighted by Crippen LogP contribution is 2.03. The minimum atomic E-state index is 1.17. The number of rotatable bonds is 8. The minimum absolute atomic E-state index is 1.17. The Morgan fingerprint density at radius 1 is 0.579 bits per heavy atom. The highest BCUT2D eigenvalue weighted by atomic mass is 29.5. The molecule has 2 aromatic carbocycles. The Morgan fingerprint density at radius 2 is 1.00 bits per heavy atom. The zero-order valence-electron chi connectivity index (χ0n) is 11.1. The summed E-state index contributed by atoms with van der Waals surface area (Å²) in [4.78, 5) is 0. The average molecular weight is 295 g/mol. The van der Waals surface area contributed by atoms with E-state index in [9.17, 15) is 0 Å². The molecule has 0 aliphatic carbocycles. The van der Waals surface area contributed by atoms with Crippen LogP contribution in [0.15, 0.2) is 60.7 Å². The molecule has 2 rings (SSSR count). The van der Waals surface area contributed by atoms with E-state index in [2.05, 4.69) is 60.7 Å². The molecule has 0 saturated carbocycles. The van der Waals surface area contributed by atoms with Gasteiger partial charge in [-0.05, 0) is 24.0 Å². The molecule has 0 N–H and O–H groups in total. The molecule has 0 amide bonds. The SMILES string of the molecule is c1ccc(CC[Si][Si][Si]CCc2ccccc2)cc1. The molecule has 0 aromatic heterocycles. The molecule has 0 fully saturated rings. The van der Waals surface area contributed by atoms with Gasteiger partial charge in [0.15, 0.2) is 0 Å². The van der Waals surface area contributed by atoms with Gasteiger partial charge in [-0.15, -0.1) is 0 Å². The van der Waals surface area contributed by atoms with Gasteiger partial charge in [-0.2, -0.15) is 0 Å². The van der Waals surface area contributed by atoms with Crippen LogP contribution in [-0.2, 0) is 12.8 Å². The Bertz CT molecular complexity index is 399. The van der Waals surface area contributed by atoms with E-state index in [0.29, 0.717) is 0 Å².